The minimum Gasteiger partial charge on any atom is -0.140 e. The summed E-state index contributed by atoms with van der Waals surface area (Å²) in [6, 6.07) is 13.6. The Hall–Kier alpha value is -2.12. The second-order valence-corrected chi connectivity index (χ2v) is 7.99. The molecule has 0 atom stereocenters. The summed E-state index contributed by atoms with van der Waals surface area (Å²) >= 11 is 1.88. The molecule has 0 amide bonds. The van der Waals surface area contributed by atoms with E-state index in [-0.39, 0.29) is 5.41 Å². The molecule has 1 aliphatic rings. The molecule has 0 nitrogen and oxygen atoms in total. The highest BCUT2D eigenvalue weighted by atomic mass is 32.1. The summed E-state index contributed by atoms with van der Waals surface area (Å²) in [7, 11) is 0. The molecule has 1 heteroatoms. The van der Waals surface area contributed by atoms with Crippen LogP contribution in [0.25, 0.3) is 27.3 Å². The predicted molar refractivity (Wildman–Crippen MR) is 103 cm³/mol. The summed E-state index contributed by atoms with van der Waals surface area (Å²) in [6.07, 6.45) is 6.06. The lowest BCUT2D eigenvalue weighted by Gasteiger charge is -2.21. The van der Waals surface area contributed by atoms with Gasteiger partial charge in [-0.05, 0) is 46.9 Å². The average Bonchev–Trinajstić information content (AvgIpc) is 2.96. The fraction of sp³-hybridized carbons (Fsp3) is 0.182. The van der Waals surface area contributed by atoms with Crippen LogP contribution < -0.4 is 0 Å². The Labute approximate surface area is 141 Å². The fourth-order valence-electron chi connectivity index (χ4n) is 3.80. The van der Waals surface area contributed by atoms with Crippen LogP contribution in [0.1, 0.15) is 35.4 Å². The van der Waals surface area contributed by atoms with Crippen molar-refractivity contribution in [3.8, 4) is 11.1 Å². The molecule has 1 heterocycles. The Bertz CT molecular complexity index is 967. The van der Waals surface area contributed by atoms with Crippen molar-refractivity contribution in [3.63, 3.8) is 0 Å². The number of fused-ring (bicyclic) bond motifs is 4. The maximum absolute atomic E-state index is 3.79. The van der Waals surface area contributed by atoms with Crippen LogP contribution in [-0.4, -0.2) is 0 Å². The zero-order valence-corrected chi connectivity index (χ0v) is 14.6. The summed E-state index contributed by atoms with van der Waals surface area (Å²) < 4.78 is 1.37. The van der Waals surface area contributed by atoms with Crippen LogP contribution in [0.2, 0.25) is 0 Å². The quantitative estimate of drug-likeness (QED) is 0.461. The molecule has 114 valence electrons. The SMILES string of the molecule is C=CC=Cc1c(C)sc2cc3c(cc12)C(C)(C)c1ccccc1-3. The van der Waals surface area contributed by atoms with Gasteiger partial charge in [0.15, 0.2) is 0 Å². The van der Waals surface area contributed by atoms with Crippen molar-refractivity contribution in [2.75, 3.05) is 0 Å². The number of rotatable bonds is 2. The minimum atomic E-state index is 0.0649. The molecule has 0 spiro atoms. The van der Waals surface area contributed by atoms with Crippen molar-refractivity contribution in [1.82, 2.24) is 0 Å². The monoisotopic (exact) mass is 316 g/mol. The van der Waals surface area contributed by atoms with Gasteiger partial charge in [-0.25, -0.2) is 0 Å². The molecule has 0 unspecified atom stereocenters. The van der Waals surface area contributed by atoms with Crippen LogP contribution in [0.3, 0.4) is 0 Å². The molecule has 0 fully saturated rings. The summed E-state index contributed by atoms with van der Waals surface area (Å²) in [5.74, 6) is 0. The van der Waals surface area contributed by atoms with Crippen molar-refractivity contribution in [3.05, 3.63) is 76.7 Å². The first-order valence-electron chi connectivity index (χ1n) is 8.00. The molecule has 23 heavy (non-hydrogen) atoms. The molecule has 0 aliphatic heterocycles. The molecule has 0 N–H and O–H groups in total. The van der Waals surface area contributed by atoms with E-state index in [1.807, 2.05) is 23.5 Å². The lowest BCUT2D eigenvalue weighted by Crippen LogP contribution is -2.14. The smallest absolute Gasteiger partial charge is 0.0358 e. The lowest BCUT2D eigenvalue weighted by molar-refractivity contribution is 0.661. The van der Waals surface area contributed by atoms with Gasteiger partial charge >= 0.3 is 0 Å². The van der Waals surface area contributed by atoms with Crippen LogP contribution in [0.5, 0.6) is 0 Å². The van der Waals surface area contributed by atoms with Crippen molar-refractivity contribution < 1.29 is 0 Å². The highest BCUT2D eigenvalue weighted by Crippen LogP contribution is 2.51. The van der Waals surface area contributed by atoms with E-state index in [4.69, 9.17) is 0 Å². The Morgan fingerprint density at radius 3 is 2.61 bits per heavy atom. The molecule has 0 bridgehead atoms. The van der Waals surface area contributed by atoms with Gasteiger partial charge in [0.05, 0.1) is 0 Å². The standard InChI is InChI=1S/C22H20S/c1-5-6-9-15-14(2)23-21-13-17-16-10-7-8-11-19(16)22(3,4)20(17)12-18(15)21/h5-13H,1H2,2-4H3. The Balaban J connectivity index is 2.05. The van der Waals surface area contributed by atoms with Gasteiger partial charge in [-0.15, -0.1) is 11.3 Å². The summed E-state index contributed by atoms with van der Waals surface area (Å²) in [6.45, 7) is 10.7. The molecular weight excluding hydrogens is 296 g/mol. The third-order valence-corrected chi connectivity index (χ3v) is 6.10. The molecule has 3 aromatic rings. The van der Waals surface area contributed by atoms with Gasteiger partial charge in [-0.3, -0.25) is 0 Å². The van der Waals surface area contributed by atoms with Gasteiger partial charge in [-0.2, -0.15) is 0 Å². The maximum Gasteiger partial charge on any atom is 0.0358 e. The molecule has 0 saturated carbocycles. The topological polar surface area (TPSA) is 0 Å². The van der Waals surface area contributed by atoms with Crippen LogP contribution in [0.4, 0.5) is 0 Å². The van der Waals surface area contributed by atoms with Gasteiger partial charge < -0.3 is 0 Å². The first-order valence-corrected chi connectivity index (χ1v) is 8.82. The molecule has 4 rings (SSSR count). The number of hydrogen-bond donors (Lipinski definition) is 0. The normalized spacial score (nSPS) is 15.1. The Morgan fingerprint density at radius 1 is 1.04 bits per heavy atom. The van der Waals surface area contributed by atoms with Gasteiger partial charge in [0.1, 0.15) is 0 Å². The summed E-state index contributed by atoms with van der Waals surface area (Å²) in [4.78, 5) is 1.37. The number of thiophene rings is 1. The minimum absolute atomic E-state index is 0.0649. The van der Waals surface area contributed by atoms with E-state index in [2.05, 4.69) is 69.8 Å². The predicted octanol–water partition coefficient (Wildman–Crippen LogP) is 6.72. The van der Waals surface area contributed by atoms with E-state index < -0.39 is 0 Å². The van der Waals surface area contributed by atoms with Crippen LogP contribution >= 0.6 is 11.3 Å². The average molecular weight is 316 g/mol. The second kappa shape index (κ2) is 4.94. The van der Waals surface area contributed by atoms with Gasteiger partial charge in [0.25, 0.3) is 0 Å². The zero-order valence-electron chi connectivity index (χ0n) is 13.8. The number of aryl methyl sites for hydroxylation is 1. The van der Waals surface area contributed by atoms with Gasteiger partial charge in [0.2, 0.25) is 0 Å². The van der Waals surface area contributed by atoms with Gasteiger partial charge in [-0.1, -0.05) is 62.9 Å². The molecular formula is C22H20S. The van der Waals surface area contributed by atoms with E-state index >= 15 is 0 Å². The molecule has 1 aromatic heterocycles. The molecule has 0 radical (unpaired) electrons. The van der Waals surface area contributed by atoms with E-state index in [0.29, 0.717) is 0 Å². The number of benzene rings is 2. The second-order valence-electron chi connectivity index (χ2n) is 6.73. The van der Waals surface area contributed by atoms with Crippen LogP contribution in [0, 0.1) is 6.92 Å². The Kier molecular flexibility index (Phi) is 3.11. The highest BCUT2D eigenvalue weighted by molar-refractivity contribution is 7.19. The Morgan fingerprint density at radius 2 is 1.83 bits per heavy atom. The number of allylic oxidation sites excluding steroid dienone is 2. The fourth-order valence-corrected chi connectivity index (χ4v) is 4.88. The van der Waals surface area contributed by atoms with E-state index in [9.17, 15) is 0 Å². The molecule has 2 aromatic carbocycles. The third kappa shape index (κ3) is 1.96. The van der Waals surface area contributed by atoms with E-state index in [0.717, 1.165) is 0 Å². The molecule has 0 saturated heterocycles. The van der Waals surface area contributed by atoms with E-state index in [1.165, 1.54) is 42.8 Å². The zero-order chi connectivity index (χ0) is 16.2. The summed E-state index contributed by atoms with van der Waals surface area (Å²) in [5, 5.41) is 1.37. The van der Waals surface area contributed by atoms with Crippen molar-refractivity contribution in [2.45, 2.75) is 26.2 Å². The van der Waals surface area contributed by atoms with E-state index in [1.54, 1.807) is 0 Å². The third-order valence-electron chi connectivity index (χ3n) is 5.02. The first-order chi connectivity index (χ1) is 11.0. The largest absolute Gasteiger partial charge is 0.140 e. The maximum atomic E-state index is 3.79. The molecule has 1 aliphatic carbocycles. The highest BCUT2D eigenvalue weighted by Gasteiger charge is 2.35. The van der Waals surface area contributed by atoms with Crippen LogP contribution in [0.15, 0.2) is 55.1 Å². The summed E-state index contributed by atoms with van der Waals surface area (Å²) in [5.41, 5.74) is 7.07. The van der Waals surface area contributed by atoms with Crippen molar-refractivity contribution in [2.24, 2.45) is 0 Å². The van der Waals surface area contributed by atoms with Gasteiger partial charge in [0, 0.05) is 20.4 Å². The van der Waals surface area contributed by atoms with Crippen molar-refractivity contribution >= 4 is 27.5 Å². The lowest BCUT2D eigenvalue weighted by atomic mass is 9.82. The van der Waals surface area contributed by atoms with Crippen LogP contribution in [-0.2, 0) is 5.41 Å². The van der Waals surface area contributed by atoms with Crippen molar-refractivity contribution in [1.29, 1.82) is 0 Å². The first kappa shape index (κ1) is 14.5. The number of hydrogen-bond acceptors (Lipinski definition) is 1.